The molecule has 4 nitrogen and oxygen atoms in total. The van der Waals surface area contributed by atoms with Gasteiger partial charge in [-0.2, -0.15) is 5.26 Å². The SMILES string of the molecule is N#CC(N)c1cccc2nccn12. The summed E-state index contributed by atoms with van der Waals surface area (Å²) in [6, 6.07) is 6.93. The molecule has 0 spiro atoms. The van der Waals surface area contributed by atoms with E-state index < -0.39 is 6.04 Å². The van der Waals surface area contributed by atoms with Crippen LogP contribution in [-0.2, 0) is 0 Å². The molecule has 0 aliphatic heterocycles. The Morgan fingerprint density at radius 2 is 2.38 bits per heavy atom. The zero-order valence-electron chi connectivity index (χ0n) is 6.88. The second-order valence-corrected chi connectivity index (χ2v) is 2.71. The number of imidazole rings is 1. The molecule has 2 rings (SSSR count). The number of fused-ring (bicyclic) bond motifs is 1. The highest BCUT2D eigenvalue weighted by Crippen LogP contribution is 2.11. The molecule has 1 atom stereocenters. The number of nitrogens with two attached hydrogens (primary N) is 1. The molecular formula is C9H8N4. The monoisotopic (exact) mass is 172 g/mol. The summed E-state index contributed by atoms with van der Waals surface area (Å²) in [5, 5.41) is 8.68. The number of pyridine rings is 1. The molecule has 1 unspecified atom stereocenters. The van der Waals surface area contributed by atoms with Gasteiger partial charge in [-0.1, -0.05) is 6.07 Å². The summed E-state index contributed by atoms with van der Waals surface area (Å²) in [6.07, 6.45) is 3.48. The largest absolute Gasteiger partial charge is 0.311 e. The van der Waals surface area contributed by atoms with E-state index in [0.717, 1.165) is 11.3 Å². The van der Waals surface area contributed by atoms with Crippen molar-refractivity contribution in [2.45, 2.75) is 6.04 Å². The van der Waals surface area contributed by atoms with Crippen molar-refractivity contribution in [2.24, 2.45) is 5.73 Å². The Morgan fingerprint density at radius 3 is 3.15 bits per heavy atom. The molecule has 0 aliphatic carbocycles. The van der Waals surface area contributed by atoms with Gasteiger partial charge in [-0.3, -0.25) is 0 Å². The summed E-state index contributed by atoms with van der Waals surface area (Å²) in [7, 11) is 0. The maximum atomic E-state index is 8.68. The molecule has 2 aromatic heterocycles. The minimum Gasteiger partial charge on any atom is -0.311 e. The van der Waals surface area contributed by atoms with Gasteiger partial charge in [0.05, 0.1) is 11.8 Å². The van der Waals surface area contributed by atoms with Gasteiger partial charge in [0.25, 0.3) is 0 Å². The molecule has 0 radical (unpaired) electrons. The van der Waals surface area contributed by atoms with Gasteiger partial charge in [0.1, 0.15) is 11.7 Å². The highest BCUT2D eigenvalue weighted by atomic mass is 15.0. The van der Waals surface area contributed by atoms with Crippen LogP contribution in [0.1, 0.15) is 11.7 Å². The number of rotatable bonds is 1. The lowest BCUT2D eigenvalue weighted by atomic mass is 10.2. The first-order valence-electron chi connectivity index (χ1n) is 3.90. The quantitative estimate of drug-likeness (QED) is 0.693. The van der Waals surface area contributed by atoms with E-state index in [4.69, 9.17) is 11.0 Å². The van der Waals surface area contributed by atoms with E-state index in [0.29, 0.717) is 0 Å². The molecule has 0 fully saturated rings. The Bertz CT molecular complexity index is 466. The topological polar surface area (TPSA) is 67.1 Å². The van der Waals surface area contributed by atoms with Crippen LogP contribution >= 0.6 is 0 Å². The van der Waals surface area contributed by atoms with Crippen LogP contribution in [0, 0.1) is 11.3 Å². The zero-order valence-corrected chi connectivity index (χ0v) is 6.88. The maximum absolute atomic E-state index is 8.68. The van der Waals surface area contributed by atoms with E-state index in [1.807, 2.05) is 28.7 Å². The molecule has 2 aromatic rings. The first-order valence-corrected chi connectivity index (χ1v) is 3.90. The van der Waals surface area contributed by atoms with Crippen LogP contribution in [0.4, 0.5) is 0 Å². The molecule has 2 N–H and O–H groups in total. The normalized spacial score (nSPS) is 12.6. The van der Waals surface area contributed by atoms with Crippen LogP contribution in [0.2, 0.25) is 0 Å². The van der Waals surface area contributed by atoms with Gasteiger partial charge in [-0.25, -0.2) is 4.98 Å². The number of aromatic nitrogens is 2. The molecule has 64 valence electrons. The van der Waals surface area contributed by atoms with Crippen LogP contribution in [0.5, 0.6) is 0 Å². The lowest BCUT2D eigenvalue weighted by Gasteiger charge is -2.05. The van der Waals surface area contributed by atoms with Crippen LogP contribution in [-0.4, -0.2) is 9.38 Å². The molecular weight excluding hydrogens is 164 g/mol. The second kappa shape index (κ2) is 2.88. The molecule has 0 bridgehead atoms. The Labute approximate surface area is 75.2 Å². The average Bonchev–Trinajstić information content (AvgIpc) is 2.63. The highest BCUT2D eigenvalue weighted by molar-refractivity contribution is 5.41. The van der Waals surface area contributed by atoms with Gasteiger partial charge in [0.2, 0.25) is 0 Å². The fourth-order valence-electron chi connectivity index (χ4n) is 1.29. The summed E-state index contributed by atoms with van der Waals surface area (Å²) < 4.78 is 1.81. The van der Waals surface area contributed by atoms with Crippen molar-refractivity contribution in [3.05, 3.63) is 36.3 Å². The predicted octanol–water partition coefficient (Wildman–Crippen LogP) is 0.858. The zero-order chi connectivity index (χ0) is 9.26. The van der Waals surface area contributed by atoms with Crippen molar-refractivity contribution in [1.29, 1.82) is 5.26 Å². The minimum absolute atomic E-state index is 0.599. The fourth-order valence-corrected chi connectivity index (χ4v) is 1.29. The molecule has 0 amide bonds. The van der Waals surface area contributed by atoms with Gasteiger partial charge in [0, 0.05) is 12.4 Å². The van der Waals surface area contributed by atoms with E-state index in [1.165, 1.54) is 0 Å². The van der Waals surface area contributed by atoms with E-state index >= 15 is 0 Å². The number of nitriles is 1. The number of nitrogens with zero attached hydrogens (tertiary/aromatic N) is 3. The first-order chi connectivity index (χ1) is 6.33. The molecule has 2 heterocycles. The Balaban J connectivity index is 2.69. The van der Waals surface area contributed by atoms with Gasteiger partial charge in [-0.15, -0.1) is 0 Å². The van der Waals surface area contributed by atoms with Crippen molar-refractivity contribution in [1.82, 2.24) is 9.38 Å². The average molecular weight is 172 g/mol. The summed E-state index contributed by atoms with van der Waals surface area (Å²) in [6.45, 7) is 0. The van der Waals surface area contributed by atoms with Gasteiger partial charge in [0.15, 0.2) is 0 Å². The maximum Gasteiger partial charge on any atom is 0.136 e. The van der Waals surface area contributed by atoms with Gasteiger partial charge >= 0.3 is 0 Å². The van der Waals surface area contributed by atoms with Crippen molar-refractivity contribution < 1.29 is 0 Å². The van der Waals surface area contributed by atoms with Crippen molar-refractivity contribution in [3.63, 3.8) is 0 Å². The fraction of sp³-hybridized carbons (Fsp3) is 0.111. The van der Waals surface area contributed by atoms with Crippen molar-refractivity contribution >= 4 is 5.65 Å². The van der Waals surface area contributed by atoms with Gasteiger partial charge in [-0.05, 0) is 12.1 Å². The van der Waals surface area contributed by atoms with Crippen molar-refractivity contribution in [2.75, 3.05) is 0 Å². The van der Waals surface area contributed by atoms with Gasteiger partial charge < -0.3 is 10.1 Å². The number of hydrogen-bond donors (Lipinski definition) is 1. The summed E-state index contributed by atoms with van der Waals surface area (Å²) >= 11 is 0. The van der Waals surface area contributed by atoms with Crippen LogP contribution in [0.3, 0.4) is 0 Å². The standard InChI is InChI=1S/C9H8N4/c10-6-7(11)8-2-1-3-9-12-4-5-13(8)9/h1-5,7H,11H2. The molecule has 0 saturated heterocycles. The number of hydrogen-bond acceptors (Lipinski definition) is 3. The first kappa shape index (κ1) is 7.77. The third-order valence-corrected chi connectivity index (χ3v) is 1.92. The van der Waals surface area contributed by atoms with E-state index in [2.05, 4.69) is 4.98 Å². The van der Waals surface area contributed by atoms with E-state index in [1.54, 1.807) is 12.4 Å². The third-order valence-electron chi connectivity index (χ3n) is 1.92. The summed E-state index contributed by atoms with van der Waals surface area (Å²) in [5.41, 5.74) is 7.18. The Morgan fingerprint density at radius 1 is 1.54 bits per heavy atom. The molecule has 13 heavy (non-hydrogen) atoms. The summed E-state index contributed by atoms with van der Waals surface area (Å²) in [4.78, 5) is 4.09. The van der Waals surface area contributed by atoms with Crippen LogP contribution < -0.4 is 5.73 Å². The smallest absolute Gasteiger partial charge is 0.136 e. The summed E-state index contributed by atoms with van der Waals surface area (Å²) in [5.74, 6) is 0. The highest BCUT2D eigenvalue weighted by Gasteiger charge is 2.07. The molecule has 0 saturated carbocycles. The van der Waals surface area contributed by atoms with Crippen LogP contribution in [0.15, 0.2) is 30.6 Å². The molecule has 0 aromatic carbocycles. The van der Waals surface area contributed by atoms with E-state index in [-0.39, 0.29) is 0 Å². The second-order valence-electron chi connectivity index (χ2n) is 2.71. The lowest BCUT2D eigenvalue weighted by molar-refractivity contribution is 0.849. The Hall–Kier alpha value is -1.86. The Kier molecular flexibility index (Phi) is 1.72. The molecule has 0 aliphatic rings. The van der Waals surface area contributed by atoms with Crippen molar-refractivity contribution in [3.8, 4) is 6.07 Å². The molecule has 4 heteroatoms. The minimum atomic E-state index is -0.599. The predicted molar refractivity (Wildman–Crippen MR) is 47.7 cm³/mol. The lowest BCUT2D eigenvalue weighted by Crippen LogP contribution is -2.11. The van der Waals surface area contributed by atoms with E-state index in [9.17, 15) is 0 Å². The van der Waals surface area contributed by atoms with Crippen LogP contribution in [0.25, 0.3) is 5.65 Å². The third kappa shape index (κ3) is 1.15.